The van der Waals surface area contributed by atoms with Gasteiger partial charge in [0.1, 0.15) is 5.60 Å². The highest BCUT2D eigenvalue weighted by Gasteiger charge is 2.39. The summed E-state index contributed by atoms with van der Waals surface area (Å²) < 4.78 is 40.7. The molecule has 1 unspecified atom stereocenters. The Morgan fingerprint density at radius 1 is 1.38 bits per heavy atom. The van der Waals surface area contributed by atoms with E-state index >= 15 is 0 Å². The molecule has 2 heterocycles. The standard InChI is InChI=1S/C15H14F3N5O/c16-15(17,18)13-7-12(2-1-11(13)8-19)22-5-3-14(24,9-22)10-23-6-4-20-21-23/h1-2,4,6-7,24H,3,5,9-10H2. The highest BCUT2D eigenvalue weighted by Crippen LogP contribution is 2.36. The fourth-order valence-electron chi connectivity index (χ4n) is 2.89. The SMILES string of the molecule is N#Cc1ccc(N2CCC(O)(Cn3ccnn3)C2)cc1C(F)(F)F. The topological polar surface area (TPSA) is 78.0 Å². The lowest BCUT2D eigenvalue weighted by atomic mass is 10.0. The minimum absolute atomic E-state index is 0.177. The average molecular weight is 337 g/mol. The highest BCUT2D eigenvalue weighted by molar-refractivity contribution is 5.55. The van der Waals surface area contributed by atoms with Gasteiger partial charge in [0, 0.05) is 25.0 Å². The Bertz CT molecular complexity index is 768. The van der Waals surface area contributed by atoms with Gasteiger partial charge >= 0.3 is 6.18 Å². The number of hydrogen-bond acceptors (Lipinski definition) is 5. The van der Waals surface area contributed by atoms with Crippen molar-refractivity contribution >= 4 is 5.69 Å². The van der Waals surface area contributed by atoms with E-state index in [1.807, 2.05) is 0 Å². The van der Waals surface area contributed by atoms with E-state index in [9.17, 15) is 18.3 Å². The zero-order valence-electron chi connectivity index (χ0n) is 12.5. The van der Waals surface area contributed by atoms with Crippen LogP contribution >= 0.6 is 0 Å². The summed E-state index contributed by atoms with van der Waals surface area (Å²) in [5.41, 5.74) is -2.15. The Labute approximate surface area is 135 Å². The van der Waals surface area contributed by atoms with Crippen LogP contribution < -0.4 is 4.90 Å². The lowest BCUT2D eigenvalue weighted by Crippen LogP contribution is -2.37. The van der Waals surface area contributed by atoms with E-state index in [1.165, 1.54) is 16.9 Å². The van der Waals surface area contributed by atoms with Crippen molar-refractivity contribution in [2.45, 2.75) is 24.7 Å². The number of nitrogens with zero attached hydrogens (tertiary/aromatic N) is 5. The second-order valence-corrected chi connectivity index (χ2v) is 5.84. The first kappa shape index (κ1) is 16.3. The van der Waals surface area contributed by atoms with Gasteiger partial charge in [-0.1, -0.05) is 5.21 Å². The molecule has 0 bridgehead atoms. The van der Waals surface area contributed by atoms with Gasteiger partial charge in [-0.2, -0.15) is 18.4 Å². The van der Waals surface area contributed by atoms with E-state index in [0.717, 1.165) is 12.1 Å². The molecule has 0 radical (unpaired) electrons. The minimum atomic E-state index is -4.60. The maximum atomic E-state index is 13.1. The molecule has 1 aromatic heterocycles. The Morgan fingerprint density at radius 2 is 2.17 bits per heavy atom. The van der Waals surface area contributed by atoms with Gasteiger partial charge in [0.15, 0.2) is 0 Å². The van der Waals surface area contributed by atoms with Crippen molar-refractivity contribution in [1.29, 1.82) is 5.26 Å². The monoisotopic (exact) mass is 337 g/mol. The first-order valence-electron chi connectivity index (χ1n) is 7.23. The number of aromatic nitrogens is 3. The van der Waals surface area contributed by atoms with Crippen LogP contribution in [-0.2, 0) is 12.7 Å². The average Bonchev–Trinajstić information content (AvgIpc) is 3.16. The molecule has 0 aliphatic carbocycles. The molecule has 24 heavy (non-hydrogen) atoms. The Hall–Kier alpha value is -2.60. The van der Waals surface area contributed by atoms with Gasteiger partial charge in [0.25, 0.3) is 0 Å². The van der Waals surface area contributed by atoms with Crippen LogP contribution in [0.3, 0.4) is 0 Å². The van der Waals surface area contributed by atoms with Crippen molar-refractivity contribution in [1.82, 2.24) is 15.0 Å². The summed E-state index contributed by atoms with van der Waals surface area (Å²) in [7, 11) is 0. The number of nitriles is 1. The van der Waals surface area contributed by atoms with E-state index in [1.54, 1.807) is 17.2 Å². The second-order valence-electron chi connectivity index (χ2n) is 5.84. The first-order chi connectivity index (χ1) is 11.3. The molecule has 6 nitrogen and oxygen atoms in total. The van der Waals surface area contributed by atoms with Crippen molar-refractivity contribution in [2.24, 2.45) is 0 Å². The molecule has 1 aliphatic heterocycles. The second kappa shape index (κ2) is 5.79. The number of aliphatic hydroxyl groups is 1. The van der Waals surface area contributed by atoms with Crippen LogP contribution in [0.15, 0.2) is 30.6 Å². The van der Waals surface area contributed by atoms with Gasteiger partial charge in [-0.3, -0.25) is 0 Å². The normalized spacial score (nSPS) is 21.0. The van der Waals surface area contributed by atoms with Crippen molar-refractivity contribution in [3.8, 4) is 6.07 Å². The summed E-state index contributed by atoms with van der Waals surface area (Å²) in [6.45, 7) is 0.802. The third-order valence-electron chi connectivity index (χ3n) is 4.05. The van der Waals surface area contributed by atoms with E-state index in [2.05, 4.69) is 10.3 Å². The van der Waals surface area contributed by atoms with Crippen LogP contribution in [0.2, 0.25) is 0 Å². The number of benzene rings is 1. The number of halogens is 3. The molecule has 0 saturated carbocycles. The molecule has 1 aromatic carbocycles. The van der Waals surface area contributed by atoms with Gasteiger partial charge in [-0.05, 0) is 24.6 Å². The van der Waals surface area contributed by atoms with Crippen molar-refractivity contribution in [3.05, 3.63) is 41.7 Å². The summed E-state index contributed by atoms with van der Waals surface area (Å²) in [6, 6.07) is 5.14. The summed E-state index contributed by atoms with van der Waals surface area (Å²) in [5.74, 6) is 0. The van der Waals surface area contributed by atoms with Gasteiger partial charge in [-0.25, -0.2) is 4.68 Å². The molecule has 126 valence electrons. The van der Waals surface area contributed by atoms with E-state index in [-0.39, 0.29) is 13.1 Å². The lowest BCUT2D eigenvalue weighted by Gasteiger charge is -2.24. The number of anilines is 1. The van der Waals surface area contributed by atoms with E-state index in [0.29, 0.717) is 18.7 Å². The van der Waals surface area contributed by atoms with Gasteiger partial charge in [-0.15, -0.1) is 5.10 Å². The quantitative estimate of drug-likeness (QED) is 0.924. The summed E-state index contributed by atoms with van der Waals surface area (Å²) in [4.78, 5) is 1.67. The maximum absolute atomic E-state index is 13.1. The first-order valence-corrected chi connectivity index (χ1v) is 7.23. The van der Waals surface area contributed by atoms with Crippen molar-refractivity contribution < 1.29 is 18.3 Å². The molecule has 0 spiro atoms. The molecule has 1 saturated heterocycles. The predicted octanol–water partition coefficient (Wildman–Crippen LogP) is 1.81. The summed E-state index contributed by atoms with van der Waals surface area (Å²) in [5, 5.41) is 26.9. The smallest absolute Gasteiger partial charge is 0.386 e. The molecule has 3 rings (SSSR count). The number of hydrogen-bond donors (Lipinski definition) is 1. The Balaban J connectivity index is 1.82. The molecule has 9 heteroatoms. The molecule has 1 aliphatic rings. The maximum Gasteiger partial charge on any atom is 0.417 e. The molecular formula is C15H14F3N5O. The fraction of sp³-hybridized carbons (Fsp3) is 0.400. The number of alkyl halides is 3. The largest absolute Gasteiger partial charge is 0.417 e. The molecule has 0 amide bonds. The molecular weight excluding hydrogens is 323 g/mol. The molecule has 2 aromatic rings. The zero-order chi connectivity index (χ0) is 17.4. The summed E-state index contributed by atoms with van der Waals surface area (Å²) in [6.07, 6.45) is -1.09. The fourth-order valence-corrected chi connectivity index (χ4v) is 2.89. The van der Waals surface area contributed by atoms with Crippen LogP contribution in [-0.4, -0.2) is 38.8 Å². The van der Waals surface area contributed by atoms with Gasteiger partial charge in [0.2, 0.25) is 0 Å². The molecule has 1 N–H and O–H groups in total. The van der Waals surface area contributed by atoms with E-state index in [4.69, 9.17) is 5.26 Å². The Kier molecular flexibility index (Phi) is 3.93. The third-order valence-corrected chi connectivity index (χ3v) is 4.05. The van der Waals surface area contributed by atoms with Crippen molar-refractivity contribution in [2.75, 3.05) is 18.0 Å². The summed E-state index contributed by atoms with van der Waals surface area (Å²) >= 11 is 0. The Morgan fingerprint density at radius 3 is 2.79 bits per heavy atom. The van der Waals surface area contributed by atoms with Crippen LogP contribution in [0.1, 0.15) is 17.5 Å². The molecule has 1 atom stereocenters. The highest BCUT2D eigenvalue weighted by atomic mass is 19.4. The van der Waals surface area contributed by atoms with Crippen LogP contribution in [0, 0.1) is 11.3 Å². The van der Waals surface area contributed by atoms with Gasteiger partial charge < -0.3 is 10.0 Å². The van der Waals surface area contributed by atoms with Gasteiger partial charge in [0.05, 0.1) is 29.9 Å². The predicted molar refractivity (Wildman–Crippen MR) is 78.0 cm³/mol. The third kappa shape index (κ3) is 3.19. The van der Waals surface area contributed by atoms with Crippen LogP contribution in [0.4, 0.5) is 18.9 Å². The lowest BCUT2D eigenvalue weighted by molar-refractivity contribution is -0.137. The van der Waals surface area contributed by atoms with E-state index < -0.39 is 22.9 Å². The van der Waals surface area contributed by atoms with Crippen LogP contribution in [0.25, 0.3) is 0 Å². The van der Waals surface area contributed by atoms with Crippen molar-refractivity contribution in [3.63, 3.8) is 0 Å². The molecule has 1 fully saturated rings. The minimum Gasteiger partial charge on any atom is -0.386 e. The zero-order valence-corrected chi connectivity index (χ0v) is 12.5. The number of rotatable bonds is 3. The number of β-amino-alcohol motifs (C(OH)–C–C–N with tert-alkyl or cyclic N) is 1. The van der Waals surface area contributed by atoms with Crippen LogP contribution in [0.5, 0.6) is 0 Å².